The largest absolute Gasteiger partial charge is 0.308 e. The first-order valence-electron chi connectivity index (χ1n) is 8.01. The molecule has 4 aromatic rings. The molecule has 3 nitrogen and oxygen atoms in total. The van der Waals surface area contributed by atoms with Gasteiger partial charge >= 0.3 is 0 Å². The highest BCUT2D eigenvalue weighted by atomic mass is 32.2. The van der Waals surface area contributed by atoms with E-state index in [0.29, 0.717) is 10.6 Å². The van der Waals surface area contributed by atoms with Gasteiger partial charge in [-0.2, -0.15) is 0 Å². The maximum atomic E-state index is 12.3. The molecule has 0 spiro atoms. The molecule has 0 unspecified atom stereocenters. The Bertz CT molecular complexity index is 1160. The summed E-state index contributed by atoms with van der Waals surface area (Å²) in [6.45, 7) is 0. The van der Waals surface area contributed by atoms with Crippen LogP contribution in [0.25, 0.3) is 27.8 Å². The van der Waals surface area contributed by atoms with Gasteiger partial charge in [0.05, 0.1) is 21.8 Å². The summed E-state index contributed by atoms with van der Waals surface area (Å²) in [7, 11) is -3.35. The number of rotatable bonds is 3. The summed E-state index contributed by atoms with van der Waals surface area (Å²) in [4.78, 5) is 0.327. The molecule has 124 valence electrons. The lowest BCUT2D eigenvalue weighted by Crippen LogP contribution is -2.06. The number of hydrogen-bond donors (Lipinski definition) is 0. The van der Waals surface area contributed by atoms with Crippen LogP contribution in [0.3, 0.4) is 0 Å². The third kappa shape index (κ3) is 2.75. The third-order valence-electron chi connectivity index (χ3n) is 4.29. The van der Waals surface area contributed by atoms with Crippen molar-refractivity contribution < 1.29 is 8.42 Å². The van der Waals surface area contributed by atoms with E-state index in [2.05, 4.69) is 6.07 Å². The number of sulfone groups is 1. The molecule has 4 rings (SSSR count). The molecule has 0 N–H and O–H groups in total. The molecule has 1 heterocycles. The smallest absolute Gasteiger partial charge is 0.177 e. The van der Waals surface area contributed by atoms with E-state index in [1.54, 1.807) is 12.1 Å². The van der Waals surface area contributed by atoms with Crippen LogP contribution < -0.4 is 0 Å². The minimum absolute atomic E-state index is 0.327. The number of fused-ring (bicyclic) bond motifs is 1. The molecule has 0 amide bonds. The topological polar surface area (TPSA) is 39.1 Å². The molecule has 0 saturated heterocycles. The van der Waals surface area contributed by atoms with Gasteiger partial charge in [-0.25, -0.2) is 8.42 Å². The summed E-state index contributed by atoms with van der Waals surface area (Å²) in [5.41, 5.74) is 3.67. The quantitative estimate of drug-likeness (QED) is 0.539. The van der Waals surface area contributed by atoms with Crippen LogP contribution in [0.15, 0.2) is 89.8 Å². The lowest BCUT2D eigenvalue weighted by molar-refractivity contribution is 0.601. The number of nitrogens with zero attached hydrogens (tertiary/aromatic N) is 1. The normalized spacial score (nSPS) is 11.7. The van der Waals surface area contributed by atoms with Crippen molar-refractivity contribution in [1.29, 1.82) is 0 Å². The molecule has 0 aliphatic heterocycles. The standard InChI is InChI=1S/C21H17NO2S/c1-25(23,24)21-14-8-7-13-19(21)22-18-12-6-5-11-17(18)15-20(22)16-9-3-2-4-10-16/h2-15H,1H3. The SMILES string of the molecule is CS(=O)(=O)c1ccccc1-n1c(-c2ccccc2)cc2ccccc21. The van der Waals surface area contributed by atoms with Gasteiger partial charge in [0, 0.05) is 11.6 Å². The van der Waals surface area contributed by atoms with Crippen LogP contribution in [0, 0.1) is 0 Å². The average Bonchev–Trinajstić information content (AvgIpc) is 3.01. The molecule has 3 aromatic carbocycles. The van der Waals surface area contributed by atoms with E-state index in [9.17, 15) is 8.42 Å². The summed E-state index contributed by atoms with van der Waals surface area (Å²) in [6.07, 6.45) is 1.25. The fourth-order valence-electron chi connectivity index (χ4n) is 3.19. The first-order valence-corrected chi connectivity index (χ1v) is 9.90. The Labute approximate surface area is 147 Å². The van der Waals surface area contributed by atoms with Gasteiger partial charge < -0.3 is 4.57 Å². The van der Waals surface area contributed by atoms with E-state index in [0.717, 1.165) is 22.2 Å². The van der Waals surface area contributed by atoms with Crippen LogP contribution in [-0.4, -0.2) is 19.2 Å². The molecule has 0 atom stereocenters. The first kappa shape index (κ1) is 15.7. The van der Waals surface area contributed by atoms with Gasteiger partial charge in [0.15, 0.2) is 9.84 Å². The second kappa shape index (κ2) is 5.90. The lowest BCUT2D eigenvalue weighted by atomic mass is 10.1. The zero-order chi connectivity index (χ0) is 17.4. The van der Waals surface area contributed by atoms with Crippen LogP contribution in [-0.2, 0) is 9.84 Å². The van der Waals surface area contributed by atoms with Gasteiger partial charge in [0.25, 0.3) is 0 Å². The van der Waals surface area contributed by atoms with Crippen molar-refractivity contribution in [3.05, 3.63) is 84.9 Å². The van der Waals surface area contributed by atoms with Crippen molar-refractivity contribution in [3.8, 4) is 16.9 Å². The van der Waals surface area contributed by atoms with Crippen LogP contribution in [0.4, 0.5) is 0 Å². The molecule has 0 saturated carbocycles. The minimum Gasteiger partial charge on any atom is -0.308 e. The maximum absolute atomic E-state index is 12.3. The van der Waals surface area contributed by atoms with E-state index in [-0.39, 0.29) is 0 Å². The minimum atomic E-state index is -3.35. The van der Waals surface area contributed by atoms with Gasteiger partial charge in [-0.1, -0.05) is 60.7 Å². The number of aromatic nitrogens is 1. The van der Waals surface area contributed by atoms with Crippen molar-refractivity contribution in [2.45, 2.75) is 4.90 Å². The van der Waals surface area contributed by atoms with Crippen molar-refractivity contribution in [2.24, 2.45) is 0 Å². The van der Waals surface area contributed by atoms with Crippen LogP contribution >= 0.6 is 0 Å². The van der Waals surface area contributed by atoms with Crippen LogP contribution in [0.2, 0.25) is 0 Å². The van der Waals surface area contributed by atoms with Crippen LogP contribution in [0.1, 0.15) is 0 Å². The molecular formula is C21H17NO2S. The van der Waals surface area contributed by atoms with Gasteiger partial charge in [-0.15, -0.1) is 0 Å². The van der Waals surface area contributed by atoms with E-state index >= 15 is 0 Å². The molecule has 0 radical (unpaired) electrons. The maximum Gasteiger partial charge on any atom is 0.177 e. The molecule has 0 bridgehead atoms. The molecule has 25 heavy (non-hydrogen) atoms. The summed E-state index contributed by atoms with van der Waals surface area (Å²) >= 11 is 0. The van der Waals surface area contributed by atoms with E-state index in [1.165, 1.54) is 6.26 Å². The summed E-state index contributed by atoms with van der Waals surface area (Å²) < 4.78 is 26.7. The van der Waals surface area contributed by atoms with E-state index in [1.807, 2.05) is 71.3 Å². The monoisotopic (exact) mass is 347 g/mol. The van der Waals surface area contributed by atoms with Crippen molar-refractivity contribution >= 4 is 20.7 Å². The Balaban J connectivity index is 2.13. The van der Waals surface area contributed by atoms with Gasteiger partial charge in [0.1, 0.15) is 0 Å². The van der Waals surface area contributed by atoms with Gasteiger partial charge in [-0.05, 0) is 29.8 Å². The fraction of sp³-hybridized carbons (Fsp3) is 0.0476. The Morgan fingerprint density at radius 3 is 2.16 bits per heavy atom. The molecule has 4 heteroatoms. The Morgan fingerprint density at radius 1 is 0.760 bits per heavy atom. The molecular weight excluding hydrogens is 330 g/mol. The summed E-state index contributed by atoms with van der Waals surface area (Å²) in [5.74, 6) is 0. The van der Waals surface area contributed by atoms with Crippen molar-refractivity contribution in [2.75, 3.05) is 6.26 Å². The number of hydrogen-bond acceptors (Lipinski definition) is 2. The third-order valence-corrected chi connectivity index (χ3v) is 5.43. The number of para-hydroxylation sites is 2. The molecule has 0 fully saturated rings. The summed E-state index contributed by atoms with van der Waals surface area (Å²) in [6, 6.07) is 27.3. The first-order chi connectivity index (χ1) is 12.1. The summed E-state index contributed by atoms with van der Waals surface area (Å²) in [5, 5.41) is 1.07. The average molecular weight is 347 g/mol. The molecule has 1 aromatic heterocycles. The van der Waals surface area contributed by atoms with Gasteiger partial charge in [0.2, 0.25) is 0 Å². The molecule has 0 aliphatic carbocycles. The van der Waals surface area contributed by atoms with Crippen molar-refractivity contribution in [1.82, 2.24) is 4.57 Å². The second-order valence-electron chi connectivity index (χ2n) is 6.03. The van der Waals surface area contributed by atoms with E-state index < -0.39 is 9.84 Å². The highest BCUT2D eigenvalue weighted by Gasteiger charge is 2.18. The second-order valence-corrected chi connectivity index (χ2v) is 8.01. The highest BCUT2D eigenvalue weighted by Crippen LogP contribution is 2.33. The fourth-order valence-corrected chi connectivity index (χ4v) is 4.06. The van der Waals surface area contributed by atoms with Gasteiger partial charge in [-0.3, -0.25) is 0 Å². The Morgan fingerprint density at radius 2 is 1.40 bits per heavy atom. The Hall–Kier alpha value is -2.85. The Kier molecular flexibility index (Phi) is 3.70. The zero-order valence-corrected chi connectivity index (χ0v) is 14.6. The highest BCUT2D eigenvalue weighted by molar-refractivity contribution is 7.90. The van der Waals surface area contributed by atoms with Crippen molar-refractivity contribution in [3.63, 3.8) is 0 Å². The van der Waals surface area contributed by atoms with Crippen LogP contribution in [0.5, 0.6) is 0 Å². The lowest BCUT2D eigenvalue weighted by Gasteiger charge is -2.14. The predicted molar refractivity (Wildman–Crippen MR) is 102 cm³/mol. The number of benzene rings is 3. The predicted octanol–water partition coefficient (Wildman–Crippen LogP) is 4.70. The zero-order valence-electron chi connectivity index (χ0n) is 13.8. The van der Waals surface area contributed by atoms with E-state index in [4.69, 9.17) is 0 Å². The molecule has 0 aliphatic rings.